The number of carbonyl (C=O) groups is 2. The summed E-state index contributed by atoms with van der Waals surface area (Å²) in [7, 11) is -2.33. The van der Waals surface area contributed by atoms with Crippen molar-refractivity contribution in [2.45, 2.75) is 0 Å². The number of halogens is 1. The van der Waals surface area contributed by atoms with Crippen molar-refractivity contribution >= 4 is 49.7 Å². The van der Waals surface area contributed by atoms with Gasteiger partial charge in [0.15, 0.2) is 6.07 Å². The average molecular weight is 190 g/mol. The third kappa shape index (κ3) is 6.52. The number of ether oxygens (including phenoxy) is 1. The van der Waals surface area contributed by atoms with Crippen LogP contribution in [0.25, 0.3) is 0 Å². The fraction of sp³-hybridized carbons (Fsp3) is 0.333. The SMILES string of the molecule is O=C(OCCl)C(=O)OB(O)O.[LiH]. The second kappa shape index (κ2) is 7.46. The van der Waals surface area contributed by atoms with E-state index in [0.717, 1.165) is 0 Å². The first-order chi connectivity index (χ1) is 5.07. The van der Waals surface area contributed by atoms with Crippen LogP contribution in [0.15, 0.2) is 0 Å². The van der Waals surface area contributed by atoms with E-state index in [-0.39, 0.29) is 18.9 Å². The van der Waals surface area contributed by atoms with E-state index >= 15 is 0 Å². The summed E-state index contributed by atoms with van der Waals surface area (Å²) in [5.41, 5.74) is 0. The summed E-state index contributed by atoms with van der Waals surface area (Å²) in [6, 6.07) is -0.505. The summed E-state index contributed by atoms with van der Waals surface area (Å²) < 4.78 is 7.54. The van der Waals surface area contributed by atoms with Crippen molar-refractivity contribution < 1.29 is 29.0 Å². The molecule has 0 aliphatic carbocycles. The van der Waals surface area contributed by atoms with Crippen LogP contribution < -0.4 is 0 Å². The molecule has 0 aromatic carbocycles. The molecule has 6 nitrogen and oxygen atoms in total. The van der Waals surface area contributed by atoms with E-state index in [1.54, 1.807) is 0 Å². The normalized spacial score (nSPS) is 7.92. The maximum atomic E-state index is 10.3. The molecule has 0 aromatic rings. The number of esters is 1. The Morgan fingerprint density at radius 3 is 2.17 bits per heavy atom. The van der Waals surface area contributed by atoms with Gasteiger partial charge in [0.05, 0.1) is 0 Å². The molecule has 0 aliphatic heterocycles. The van der Waals surface area contributed by atoms with Gasteiger partial charge in [-0.3, -0.25) is 0 Å². The summed E-state index contributed by atoms with van der Waals surface area (Å²) in [5, 5.41) is 16.0. The summed E-state index contributed by atoms with van der Waals surface area (Å²) in [6.45, 7) is 0. The van der Waals surface area contributed by atoms with Crippen molar-refractivity contribution in [3.05, 3.63) is 0 Å². The van der Waals surface area contributed by atoms with Crippen LogP contribution in [0.1, 0.15) is 0 Å². The van der Waals surface area contributed by atoms with E-state index in [4.69, 9.17) is 21.6 Å². The Balaban J connectivity index is 0. The molecule has 0 unspecified atom stereocenters. The van der Waals surface area contributed by atoms with Gasteiger partial charge in [-0.05, 0) is 0 Å². The molecular weight excluding hydrogens is 185 g/mol. The maximum absolute atomic E-state index is 10.3. The summed E-state index contributed by atoms with van der Waals surface area (Å²) in [4.78, 5) is 20.5. The second-order valence-corrected chi connectivity index (χ2v) is 1.49. The van der Waals surface area contributed by atoms with Gasteiger partial charge in [-0.15, -0.1) is 0 Å². The van der Waals surface area contributed by atoms with Gasteiger partial charge in [0, 0.05) is 0 Å². The third-order valence-corrected chi connectivity index (χ3v) is 0.674. The predicted molar refractivity (Wildman–Crippen MR) is 40.2 cm³/mol. The Labute approximate surface area is 85.1 Å². The van der Waals surface area contributed by atoms with Crippen molar-refractivity contribution in [2.24, 2.45) is 0 Å². The van der Waals surface area contributed by atoms with E-state index in [0.29, 0.717) is 0 Å². The van der Waals surface area contributed by atoms with Gasteiger partial charge < -0.3 is 19.4 Å². The third-order valence-electron chi connectivity index (χ3n) is 0.565. The molecule has 0 saturated carbocycles. The average Bonchev–Trinajstić information content (AvgIpc) is 1.86. The molecule has 12 heavy (non-hydrogen) atoms. The Morgan fingerprint density at radius 2 is 1.83 bits per heavy atom. The predicted octanol–water partition coefficient (Wildman–Crippen LogP) is -2.41. The molecule has 0 fully saturated rings. The fourth-order valence-corrected chi connectivity index (χ4v) is 0.351. The number of carbonyl (C=O) groups excluding carboxylic acids is 2. The van der Waals surface area contributed by atoms with Crippen LogP contribution >= 0.6 is 11.6 Å². The van der Waals surface area contributed by atoms with Crippen LogP contribution in [0.2, 0.25) is 0 Å². The zero-order chi connectivity index (χ0) is 8.85. The molecule has 9 heteroatoms. The summed E-state index contributed by atoms with van der Waals surface area (Å²) in [5.74, 6) is -2.89. The molecule has 0 aliphatic rings. The van der Waals surface area contributed by atoms with Crippen LogP contribution in [0.4, 0.5) is 0 Å². The van der Waals surface area contributed by atoms with Gasteiger partial charge in [-0.25, -0.2) is 9.59 Å². The van der Waals surface area contributed by atoms with Crippen LogP contribution in [0.5, 0.6) is 0 Å². The van der Waals surface area contributed by atoms with Crippen molar-refractivity contribution in [1.29, 1.82) is 0 Å². The molecule has 0 radical (unpaired) electrons. The molecule has 0 amide bonds. The van der Waals surface area contributed by atoms with Gasteiger partial charge in [0.1, 0.15) is 0 Å². The van der Waals surface area contributed by atoms with Crippen molar-refractivity contribution in [3.63, 3.8) is 0 Å². The topological polar surface area (TPSA) is 93.1 Å². The zero-order valence-corrected chi connectivity index (χ0v) is 5.95. The molecule has 0 heterocycles. The van der Waals surface area contributed by atoms with Crippen molar-refractivity contribution in [1.82, 2.24) is 0 Å². The van der Waals surface area contributed by atoms with E-state index < -0.39 is 25.3 Å². The molecule has 0 atom stereocenters. The first-order valence-electron chi connectivity index (χ1n) is 2.37. The van der Waals surface area contributed by atoms with Crippen LogP contribution in [-0.2, 0) is 19.0 Å². The van der Waals surface area contributed by atoms with Crippen molar-refractivity contribution in [3.8, 4) is 0 Å². The molecule has 0 rings (SSSR count). The molecule has 0 spiro atoms. The Hall–Kier alpha value is -0.188. The zero-order valence-electron chi connectivity index (χ0n) is 5.19. The van der Waals surface area contributed by atoms with Crippen LogP contribution in [0, 0.1) is 0 Å². The minimum absolute atomic E-state index is 0. The Kier molecular flexibility index (Phi) is 8.92. The first kappa shape index (κ1) is 14.3. The van der Waals surface area contributed by atoms with Crippen molar-refractivity contribution in [2.75, 3.05) is 6.07 Å². The number of alkyl halides is 1. The van der Waals surface area contributed by atoms with Crippen LogP contribution in [-0.4, -0.2) is 54.2 Å². The van der Waals surface area contributed by atoms with E-state index in [2.05, 4.69) is 9.39 Å². The molecule has 0 saturated heterocycles. The van der Waals surface area contributed by atoms with E-state index in [1.165, 1.54) is 0 Å². The number of hydrogen-bond donors (Lipinski definition) is 2. The van der Waals surface area contributed by atoms with E-state index in [9.17, 15) is 9.59 Å². The van der Waals surface area contributed by atoms with Crippen LogP contribution in [0.3, 0.4) is 0 Å². The van der Waals surface area contributed by atoms with Gasteiger partial charge in [-0.2, -0.15) is 0 Å². The standard InChI is InChI=1S/C3H4BClO6.Li.H/c5-1-10-2(6)3(7)11-4(8)9;;/h8-9H,1H2;;. The fourth-order valence-electron chi connectivity index (χ4n) is 0.252. The van der Waals surface area contributed by atoms with Gasteiger partial charge in [0.2, 0.25) is 0 Å². The summed E-state index contributed by atoms with van der Waals surface area (Å²) >= 11 is 4.90. The molecular formula is C3H5BClLiO6. The minimum atomic E-state index is -2.33. The second-order valence-electron chi connectivity index (χ2n) is 1.27. The Morgan fingerprint density at radius 1 is 1.33 bits per heavy atom. The number of rotatable bonds is 2. The number of hydrogen-bond acceptors (Lipinski definition) is 6. The first-order valence-corrected chi connectivity index (χ1v) is 2.91. The monoisotopic (exact) mass is 190 g/mol. The molecule has 0 aromatic heterocycles. The molecule has 64 valence electrons. The van der Waals surface area contributed by atoms with Gasteiger partial charge >= 0.3 is 38.1 Å². The molecule has 0 bridgehead atoms. The Bertz CT molecular complexity index is 163. The van der Waals surface area contributed by atoms with E-state index in [1.807, 2.05) is 0 Å². The van der Waals surface area contributed by atoms with Gasteiger partial charge in [0.25, 0.3) is 0 Å². The summed E-state index contributed by atoms with van der Waals surface area (Å²) in [6.07, 6.45) is 0. The van der Waals surface area contributed by atoms with Gasteiger partial charge in [-0.1, -0.05) is 11.6 Å². The molecule has 2 N–H and O–H groups in total. The quantitative estimate of drug-likeness (QED) is 0.218.